The molecule has 1 aromatic rings. The summed E-state index contributed by atoms with van der Waals surface area (Å²) in [7, 11) is 0. The molecule has 0 N–H and O–H groups in total. The molecule has 0 spiro atoms. The summed E-state index contributed by atoms with van der Waals surface area (Å²) in [6.07, 6.45) is 1.53. The van der Waals surface area contributed by atoms with Gasteiger partial charge < -0.3 is 14.2 Å². The van der Waals surface area contributed by atoms with Crippen LogP contribution in [0, 0.1) is 23.3 Å². The van der Waals surface area contributed by atoms with Crippen molar-refractivity contribution in [1.29, 1.82) is 0 Å². The smallest absolute Gasteiger partial charge is 0.333 e. The minimum atomic E-state index is -1.63. The van der Waals surface area contributed by atoms with E-state index in [1.807, 2.05) is 0 Å². The van der Waals surface area contributed by atoms with E-state index in [1.165, 1.54) is 6.92 Å². The molecule has 25 heavy (non-hydrogen) atoms. The fraction of sp³-hybridized carbons (Fsp3) is 0.471. The first kappa shape index (κ1) is 19.4. The van der Waals surface area contributed by atoms with Gasteiger partial charge in [0, 0.05) is 12.2 Å². The molecule has 2 rings (SSSR count). The number of benzene rings is 1. The van der Waals surface area contributed by atoms with Crippen LogP contribution in [0.25, 0.3) is 0 Å². The molecule has 4 nitrogen and oxygen atoms in total. The van der Waals surface area contributed by atoms with E-state index >= 15 is 0 Å². The van der Waals surface area contributed by atoms with E-state index < -0.39 is 59.9 Å². The molecule has 1 unspecified atom stereocenters. The molecule has 0 aliphatic carbocycles. The van der Waals surface area contributed by atoms with Gasteiger partial charge in [-0.1, -0.05) is 6.58 Å². The molecule has 138 valence electrons. The predicted molar refractivity (Wildman–Crippen MR) is 79.3 cm³/mol. The number of hydrogen-bond acceptors (Lipinski definition) is 4. The van der Waals surface area contributed by atoms with Crippen LogP contribution in [-0.4, -0.2) is 18.9 Å². The Bertz CT molecular complexity index is 640. The highest BCUT2D eigenvalue weighted by Gasteiger charge is 2.27. The first-order valence-electron chi connectivity index (χ1n) is 7.72. The zero-order valence-electron chi connectivity index (χ0n) is 13.7. The molecule has 0 radical (unpaired) electrons. The molecule has 0 amide bonds. The zero-order chi connectivity index (χ0) is 18.6. The van der Waals surface area contributed by atoms with Crippen molar-refractivity contribution in [2.45, 2.75) is 45.7 Å². The highest BCUT2D eigenvalue weighted by molar-refractivity contribution is 5.86. The number of esters is 1. The minimum absolute atomic E-state index is 0.0146. The van der Waals surface area contributed by atoms with Crippen molar-refractivity contribution >= 4 is 5.97 Å². The third kappa shape index (κ3) is 4.58. The molecule has 0 bridgehead atoms. The first-order valence-corrected chi connectivity index (χ1v) is 7.72. The average molecular weight is 362 g/mol. The van der Waals surface area contributed by atoms with Gasteiger partial charge in [0.2, 0.25) is 0 Å². The summed E-state index contributed by atoms with van der Waals surface area (Å²) in [5.41, 5.74) is -1.90. The second kappa shape index (κ2) is 8.44. The number of carbonyl (C=O) groups excluding carboxylic acids is 1. The summed E-state index contributed by atoms with van der Waals surface area (Å²) < 4.78 is 71.2. The van der Waals surface area contributed by atoms with Crippen LogP contribution in [0.3, 0.4) is 0 Å². The molecule has 8 heteroatoms. The lowest BCUT2D eigenvalue weighted by Gasteiger charge is -2.23. The summed E-state index contributed by atoms with van der Waals surface area (Å²) >= 11 is 0. The van der Waals surface area contributed by atoms with Crippen LogP contribution < -0.4 is 0 Å². The quantitative estimate of drug-likeness (QED) is 0.333. The number of rotatable bonds is 6. The summed E-state index contributed by atoms with van der Waals surface area (Å²) in [5, 5.41) is 0. The lowest BCUT2D eigenvalue weighted by molar-refractivity contribution is -0.169. The molecular weight excluding hydrogens is 344 g/mol. The fourth-order valence-corrected chi connectivity index (χ4v) is 2.26. The number of ether oxygens (including phenoxy) is 3. The summed E-state index contributed by atoms with van der Waals surface area (Å²) in [5.74, 6) is -7.36. The van der Waals surface area contributed by atoms with Crippen molar-refractivity contribution in [2.24, 2.45) is 0 Å². The van der Waals surface area contributed by atoms with Gasteiger partial charge in [-0.25, -0.2) is 22.4 Å². The molecule has 1 aliphatic heterocycles. The standard InChI is InChI=1S/C17H18F4O4/c1-9(2)17(22)25-8-11-15(20)13(18)10(14(19)16(11)21)7-24-12-5-3-4-6-23-12/h12H,1,3-8H2,2H3. The van der Waals surface area contributed by atoms with Gasteiger partial charge in [-0.15, -0.1) is 0 Å². The first-order chi connectivity index (χ1) is 11.8. The summed E-state index contributed by atoms with van der Waals surface area (Å²) in [6, 6.07) is 0. The molecule has 0 saturated carbocycles. The van der Waals surface area contributed by atoms with E-state index in [1.54, 1.807) is 0 Å². The molecule has 1 atom stereocenters. The predicted octanol–water partition coefficient (Wildman–Crippen LogP) is 3.91. The van der Waals surface area contributed by atoms with Crippen molar-refractivity contribution in [2.75, 3.05) is 6.61 Å². The Balaban J connectivity index is 2.16. The van der Waals surface area contributed by atoms with Crippen LogP contribution in [-0.2, 0) is 32.2 Å². The Hall–Kier alpha value is -1.93. The Morgan fingerprint density at radius 3 is 2.12 bits per heavy atom. The van der Waals surface area contributed by atoms with Gasteiger partial charge in [-0.2, -0.15) is 0 Å². The van der Waals surface area contributed by atoms with Gasteiger partial charge in [0.25, 0.3) is 0 Å². The maximum Gasteiger partial charge on any atom is 0.333 e. The third-order valence-corrected chi connectivity index (χ3v) is 3.69. The highest BCUT2D eigenvalue weighted by atomic mass is 19.2. The van der Waals surface area contributed by atoms with Crippen molar-refractivity contribution in [3.63, 3.8) is 0 Å². The van der Waals surface area contributed by atoms with Gasteiger partial charge in [0.05, 0.1) is 17.7 Å². The van der Waals surface area contributed by atoms with E-state index in [9.17, 15) is 22.4 Å². The van der Waals surface area contributed by atoms with Crippen molar-refractivity contribution < 1.29 is 36.6 Å². The van der Waals surface area contributed by atoms with Gasteiger partial charge in [0.1, 0.15) is 6.61 Å². The largest absolute Gasteiger partial charge is 0.457 e. The fourth-order valence-electron chi connectivity index (χ4n) is 2.26. The number of carbonyl (C=O) groups is 1. The SMILES string of the molecule is C=C(C)C(=O)OCc1c(F)c(F)c(COC2CCCCO2)c(F)c1F. The maximum atomic E-state index is 14.1. The molecule has 1 fully saturated rings. The van der Waals surface area contributed by atoms with E-state index in [0.29, 0.717) is 13.0 Å². The van der Waals surface area contributed by atoms with Crippen LogP contribution in [0.2, 0.25) is 0 Å². The normalized spacial score (nSPS) is 17.4. The van der Waals surface area contributed by atoms with E-state index in [4.69, 9.17) is 9.47 Å². The van der Waals surface area contributed by atoms with Crippen LogP contribution >= 0.6 is 0 Å². The molecule has 1 aliphatic rings. The lowest BCUT2D eigenvalue weighted by Crippen LogP contribution is -2.23. The van der Waals surface area contributed by atoms with Crippen LogP contribution in [0.1, 0.15) is 37.3 Å². The van der Waals surface area contributed by atoms with Gasteiger partial charge >= 0.3 is 5.97 Å². The minimum Gasteiger partial charge on any atom is -0.457 e. The van der Waals surface area contributed by atoms with Crippen LogP contribution in [0.15, 0.2) is 12.2 Å². The molecular formula is C17H18F4O4. The Labute approximate surface area is 142 Å². The third-order valence-electron chi connectivity index (χ3n) is 3.69. The number of hydrogen-bond donors (Lipinski definition) is 0. The topological polar surface area (TPSA) is 44.8 Å². The molecule has 1 saturated heterocycles. The van der Waals surface area contributed by atoms with Gasteiger partial charge in [-0.05, 0) is 26.2 Å². The van der Waals surface area contributed by atoms with Crippen LogP contribution in [0.4, 0.5) is 17.6 Å². The molecule has 1 heterocycles. The van der Waals surface area contributed by atoms with Gasteiger partial charge in [0.15, 0.2) is 29.6 Å². The van der Waals surface area contributed by atoms with Crippen LogP contribution in [0.5, 0.6) is 0 Å². The van der Waals surface area contributed by atoms with E-state index in [0.717, 1.165) is 12.8 Å². The maximum absolute atomic E-state index is 14.1. The zero-order valence-corrected chi connectivity index (χ0v) is 13.7. The molecule has 1 aromatic carbocycles. The van der Waals surface area contributed by atoms with Gasteiger partial charge in [-0.3, -0.25) is 0 Å². The highest BCUT2D eigenvalue weighted by Crippen LogP contribution is 2.26. The van der Waals surface area contributed by atoms with E-state index in [2.05, 4.69) is 11.3 Å². The Kier molecular flexibility index (Phi) is 6.55. The average Bonchev–Trinajstić information content (AvgIpc) is 2.60. The van der Waals surface area contributed by atoms with Crippen molar-refractivity contribution in [3.05, 3.63) is 46.5 Å². The Morgan fingerprint density at radius 2 is 1.64 bits per heavy atom. The van der Waals surface area contributed by atoms with Crippen molar-refractivity contribution in [1.82, 2.24) is 0 Å². The monoisotopic (exact) mass is 362 g/mol. The van der Waals surface area contributed by atoms with Crippen molar-refractivity contribution in [3.8, 4) is 0 Å². The Morgan fingerprint density at radius 1 is 1.08 bits per heavy atom. The molecule has 0 aromatic heterocycles. The lowest BCUT2D eigenvalue weighted by atomic mass is 10.1. The summed E-state index contributed by atoms with van der Waals surface area (Å²) in [6.45, 7) is 3.43. The van der Waals surface area contributed by atoms with E-state index in [-0.39, 0.29) is 5.57 Å². The number of halogens is 4. The second-order valence-corrected chi connectivity index (χ2v) is 5.68. The summed E-state index contributed by atoms with van der Waals surface area (Å²) in [4.78, 5) is 11.3. The second-order valence-electron chi connectivity index (χ2n) is 5.68.